The Kier molecular flexibility index (Phi) is 3.78. The zero-order chi connectivity index (χ0) is 15.9. The van der Waals surface area contributed by atoms with Gasteiger partial charge >= 0.3 is 0 Å². The molecule has 0 amide bonds. The van der Waals surface area contributed by atoms with Crippen LogP contribution in [-0.4, -0.2) is 46.7 Å². The van der Waals surface area contributed by atoms with Crippen LogP contribution in [0.2, 0.25) is 0 Å². The molecule has 0 saturated carbocycles. The summed E-state index contributed by atoms with van der Waals surface area (Å²) in [6.45, 7) is 0. The van der Waals surface area contributed by atoms with E-state index in [1.54, 1.807) is 48.6 Å². The van der Waals surface area contributed by atoms with Crippen LogP contribution in [-0.2, 0) is 19.5 Å². The molecule has 0 atom stereocenters. The Morgan fingerprint density at radius 2 is 0.400 bits per heavy atom. The van der Waals surface area contributed by atoms with Crippen LogP contribution in [0, 0.1) is 0 Å². The van der Waals surface area contributed by atoms with Crippen LogP contribution < -0.4 is 0 Å². The Balaban J connectivity index is 0.00000157. The fourth-order valence-corrected chi connectivity index (χ4v) is 2.33. The molecule has 9 heteroatoms. The zero-order valence-electron chi connectivity index (χ0n) is 12.9. The van der Waals surface area contributed by atoms with Crippen LogP contribution in [0.1, 0.15) is 0 Å². The maximum Gasteiger partial charge on any atom is 0.156 e. The molecule has 5 rings (SSSR count). The third-order valence-corrected chi connectivity index (χ3v) is 3.36. The van der Waals surface area contributed by atoms with Crippen molar-refractivity contribution in [1.29, 1.82) is 0 Å². The third-order valence-electron chi connectivity index (χ3n) is 3.36. The Bertz CT molecular complexity index is 854. The summed E-state index contributed by atoms with van der Waals surface area (Å²) in [5, 5.41) is 0. The third kappa shape index (κ3) is 3.14. The Morgan fingerprint density at radius 3 is 0.520 bits per heavy atom. The van der Waals surface area contributed by atoms with Gasteiger partial charge in [-0.05, 0) is 48.6 Å². The first kappa shape index (κ1) is 15.5. The summed E-state index contributed by atoms with van der Waals surface area (Å²) in [5.41, 5.74) is 0. The van der Waals surface area contributed by atoms with Gasteiger partial charge in [0.15, 0.2) is 46.7 Å². The minimum absolute atomic E-state index is 0. The van der Waals surface area contributed by atoms with Gasteiger partial charge < -0.3 is 0 Å². The maximum atomic E-state index is 4.37. The molecule has 0 aliphatic carbocycles. The van der Waals surface area contributed by atoms with Crippen molar-refractivity contribution in [2.45, 2.75) is 0 Å². The molecule has 5 heterocycles. The number of hydrogen-bond acceptors (Lipinski definition) is 8. The molecule has 114 valence electrons. The number of nitrogens with zero attached hydrogens (tertiary/aromatic N) is 8. The average Bonchev–Trinajstić information content (AvgIpc) is 3.32. The quantitative estimate of drug-likeness (QED) is 0.571. The predicted molar refractivity (Wildman–Crippen MR) is 96.0 cm³/mol. The van der Waals surface area contributed by atoms with Gasteiger partial charge in [0.05, 0.1) is 0 Å². The van der Waals surface area contributed by atoms with Crippen molar-refractivity contribution in [3.05, 3.63) is 48.6 Å². The first-order chi connectivity index (χ1) is 11.8. The molecule has 8 bridgehead atoms. The van der Waals surface area contributed by atoms with Gasteiger partial charge in [-0.15, -0.1) is 0 Å². The summed E-state index contributed by atoms with van der Waals surface area (Å²) in [6, 6.07) is 0. The summed E-state index contributed by atoms with van der Waals surface area (Å²) < 4.78 is 0. The van der Waals surface area contributed by atoms with Crippen molar-refractivity contribution in [2.24, 2.45) is 39.9 Å². The van der Waals surface area contributed by atoms with Crippen molar-refractivity contribution in [2.75, 3.05) is 0 Å². The molecule has 25 heavy (non-hydrogen) atoms. The number of hydrogen-bond donors (Lipinski definition) is 0. The second-order valence-electron chi connectivity index (χ2n) is 5.09. The van der Waals surface area contributed by atoms with Crippen molar-refractivity contribution in [3.8, 4) is 0 Å². The second kappa shape index (κ2) is 6.10. The predicted octanol–water partition coefficient (Wildman–Crippen LogP) is 1.46. The van der Waals surface area contributed by atoms with Crippen LogP contribution in [0.4, 0.5) is 0 Å². The van der Waals surface area contributed by atoms with E-state index in [4.69, 9.17) is 0 Å². The van der Waals surface area contributed by atoms with Crippen LogP contribution in [0.25, 0.3) is 0 Å². The van der Waals surface area contributed by atoms with Crippen molar-refractivity contribution < 1.29 is 19.5 Å². The van der Waals surface area contributed by atoms with Crippen LogP contribution in [0.5, 0.6) is 0 Å². The molecule has 5 aliphatic rings. The molecule has 0 N–H and O–H groups in total. The van der Waals surface area contributed by atoms with Crippen molar-refractivity contribution in [1.82, 2.24) is 0 Å². The van der Waals surface area contributed by atoms with Gasteiger partial charge in [-0.3, -0.25) is 0 Å². The van der Waals surface area contributed by atoms with E-state index in [0.717, 1.165) is 0 Å². The topological polar surface area (TPSA) is 98.9 Å². The number of rotatable bonds is 0. The molecular weight excluding hydrogens is 370 g/mol. The molecule has 5 aliphatic heterocycles. The molecular formula is C16H8N8Zn. The minimum atomic E-state index is 0. The fraction of sp³-hybridized carbons (Fsp3) is 0. The Morgan fingerprint density at radius 1 is 0.280 bits per heavy atom. The Labute approximate surface area is 154 Å². The van der Waals surface area contributed by atoms with Gasteiger partial charge in [0, 0.05) is 19.5 Å². The van der Waals surface area contributed by atoms with E-state index in [0.29, 0.717) is 46.7 Å². The summed E-state index contributed by atoms with van der Waals surface area (Å²) in [4.78, 5) is 34.8. The summed E-state index contributed by atoms with van der Waals surface area (Å²) in [6.07, 6.45) is 14.2. The maximum absolute atomic E-state index is 4.37. The molecule has 0 radical (unpaired) electrons. The van der Waals surface area contributed by atoms with E-state index in [1.165, 1.54) is 0 Å². The van der Waals surface area contributed by atoms with Gasteiger partial charge in [-0.1, -0.05) is 0 Å². The first-order valence-electron chi connectivity index (χ1n) is 7.22. The average molecular weight is 378 g/mol. The number of aliphatic imine (C=N–C) groups is 8. The molecule has 0 aromatic heterocycles. The van der Waals surface area contributed by atoms with Crippen LogP contribution >= 0.6 is 0 Å². The summed E-state index contributed by atoms with van der Waals surface area (Å²) in [7, 11) is 0. The molecule has 0 saturated heterocycles. The summed E-state index contributed by atoms with van der Waals surface area (Å²) in [5.74, 6) is 4.30. The van der Waals surface area contributed by atoms with Gasteiger partial charge in [-0.2, -0.15) is 0 Å². The first-order valence-corrected chi connectivity index (χ1v) is 7.22. The zero-order valence-corrected chi connectivity index (χ0v) is 15.9. The summed E-state index contributed by atoms with van der Waals surface area (Å²) >= 11 is 0. The van der Waals surface area contributed by atoms with E-state index >= 15 is 0 Å². The van der Waals surface area contributed by atoms with Gasteiger partial charge in [-0.25, -0.2) is 39.9 Å². The molecule has 0 unspecified atom stereocenters. The molecule has 0 aromatic rings. The van der Waals surface area contributed by atoms with Crippen molar-refractivity contribution >= 4 is 46.7 Å². The Hall–Kier alpha value is -3.06. The van der Waals surface area contributed by atoms with Gasteiger partial charge in [0.25, 0.3) is 0 Å². The van der Waals surface area contributed by atoms with Gasteiger partial charge in [0.2, 0.25) is 0 Å². The standard InChI is InChI=1S/C16H8N8.Zn/c1-2-10-17-9(1)21-11-3-4-13(18-11)23-15-7-8-16(20-15)24-14-6-5-12(19-14)22-10;/h1-8H;/b21-9-,21-11?,22-10?,22-12-,23-13-,23-15?,24-14?,24-16-;. The van der Waals surface area contributed by atoms with E-state index in [9.17, 15) is 0 Å². The van der Waals surface area contributed by atoms with Crippen LogP contribution in [0.15, 0.2) is 88.5 Å². The van der Waals surface area contributed by atoms with E-state index in [2.05, 4.69) is 39.9 Å². The van der Waals surface area contributed by atoms with Crippen LogP contribution in [0.3, 0.4) is 0 Å². The minimum Gasteiger partial charge on any atom is -0.209 e. The van der Waals surface area contributed by atoms with E-state index < -0.39 is 0 Å². The molecule has 8 nitrogen and oxygen atoms in total. The van der Waals surface area contributed by atoms with Crippen molar-refractivity contribution in [3.63, 3.8) is 0 Å². The smallest absolute Gasteiger partial charge is 0.156 e. The number of amidine groups is 8. The second-order valence-corrected chi connectivity index (χ2v) is 5.09. The molecule has 0 spiro atoms. The molecule has 0 aromatic carbocycles. The fourth-order valence-electron chi connectivity index (χ4n) is 2.33. The largest absolute Gasteiger partial charge is 0.209 e. The van der Waals surface area contributed by atoms with E-state index in [1.807, 2.05) is 0 Å². The normalized spacial score (nSPS) is 30.1. The van der Waals surface area contributed by atoms with E-state index in [-0.39, 0.29) is 19.5 Å². The number of fused-ring (bicyclic) bond motifs is 4. The molecule has 0 fully saturated rings. The SMILES string of the molecule is C1=C/C2=N/C3=NC(=N\C4=NC(=N\C5=NC(=N\C1=N2)/C=C5)/C=C4)/C=C3.[Zn]. The monoisotopic (exact) mass is 376 g/mol. The van der Waals surface area contributed by atoms with Gasteiger partial charge in [0.1, 0.15) is 0 Å².